The largest absolute Gasteiger partial charge is 0.434 e. The predicted molar refractivity (Wildman–Crippen MR) is 110 cm³/mol. The van der Waals surface area contributed by atoms with Crippen LogP contribution in [0.15, 0.2) is 23.2 Å². The predicted octanol–water partition coefficient (Wildman–Crippen LogP) is 3.14. The molecule has 0 saturated heterocycles. The third kappa shape index (κ3) is 9.95. The number of alkyl halides is 2. The highest BCUT2D eigenvalue weighted by molar-refractivity contribution is 14.0. The van der Waals surface area contributed by atoms with E-state index < -0.39 is 6.61 Å². The fourth-order valence-corrected chi connectivity index (χ4v) is 2.12. The third-order valence-corrected chi connectivity index (χ3v) is 3.07. The van der Waals surface area contributed by atoms with E-state index in [1.54, 1.807) is 0 Å². The molecule has 0 saturated carbocycles. The van der Waals surface area contributed by atoms with Crippen LogP contribution in [0.2, 0.25) is 5.02 Å². The van der Waals surface area contributed by atoms with E-state index >= 15 is 0 Å². The molecular weight excluding hydrogens is 481 g/mol. The first kappa shape index (κ1) is 24.6. The molecule has 10 heteroatoms. The van der Waals surface area contributed by atoms with E-state index in [0.29, 0.717) is 16.5 Å². The monoisotopic (exact) mass is 504 g/mol. The van der Waals surface area contributed by atoms with Gasteiger partial charge in [-0.1, -0.05) is 11.6 Å². The molecule has 0 aliphatic rings. The number of halogens is 4. The summed E-state index contributed by atoms with van der Waals surface area (Å²) in [5, 5.41) is 8.96. The van der Waals surface area contributed by atoms with Gasteiger partial charge in [0.05, 0.1) is 6.54 Å². The summed E-state index contributed by atoms with van der Waals surface area (Å²) in [6.45, 7) is 2.86. The van der Waals surface area contributed by atoms with E-state index in [-0.39, 0.29) is 54.3 Å². The number of carbonyl (C=O) groups excluding carboxylic acids is 1. The van der Waals surface area contributed by atoms with E-state index in [1.165, 1.54) is 25.2 Å². The van der Waals surface area contributed by atoms with Gasteiger partial charge in [-0.3, -0.25) is 9.79 Å². The topological polar surface area (TPSA) is 74.8 Å². The molecule has 1 aromatic carbocycles. The van der Waals surface area contributed by atoms with E-state index in [9.17, 15) is 13.6 Å². The van der Waals surface area contributed by atoms with Crippen molar-refractivity contribution in [2.75, 3.05) is 13.6 Å². The summed E-state index contributed by atoms with van der Waals surface area (Å²) in [4.78, 5) is 15.8. The van der Waals surface area contributed by atoms with Crippen molar-refractivity contribution < 1.29 is 18.3 Å². The Balaban J connectivity index is 0.00000625. The lowest BCUT2D eigenvalue weighted by molar-refractivity contribution is -0.121. The Kier molecular flexibility index (Phi) is 10.8. The number of carbonyl (C=O) groups is 1. The highest BCUT2D eigenvalue weighted by atomic mass is 127. The number of guanidine groups is 1. The number of nitrogens with one attached hydrogen (secondary N) is 3. The van der Waals surface area contributed by atoms with Gasteiger partial charge in [-0.05, 0) is 39.0 Å². The molecule has 0 heterocycles. The zero-order chi connectivity index (χ0) is 19.0. The van der Waals surface area contributed by atoms with Crippen molar-refractivity contribution in [3.8, 4) is 5.75 Å². The number of ether oxygens (including phenoxy) is 1. The van der Waals surface area contributed by atoms with Crippen molar-refractivity contribution in [3.63, 3.8) is 0 Å². The van der Waals surface area contributed by atoms with Crippen LogP contribution in [0.25, 0.3) is 0 Å². The minimum atomic E-state index is -2.93. The molecule has 1 aromatic rings. The molecule has 0 fully saturated rings. The number of aliphatic imine (C=N–C) groups is 1. The van der Waals surface area contributed by atoms with Crippen LogP contribution in [-0.4, -0.2) is 37.6 Å². The lowest BCUT2D eigenvalue weighted by Gasteiger charge is -2.21. The fraction of sp³-hybridized carbons (Fsp3) is 0.500. The summed E-state index contributed by atoms with van der Waals surface area (Å²) < 4.78 is 29.4. The number of hydrogen-bond donors (Lipinski definition) is 3. The van der Waals surface area contributed by atoms with Crippen LogP contribution in [0.4, 0.5) is 8.78 Å². The third-order valence-electron chi connectivity index (χ3n) is 2.84. The van der Waals surface area contributed by atoms with Crippen molar-refractivity contribution in [1.82, 2.24) is 16.0 Å². The summed E-state index contributed by atoms with van der Waals surface area (Å²) in [6.07, 6.45) is 0. The minimum Gasteiger partial charge on any atom is -0.434 e. The molecular formula is C16H24ClF2IN4O2. The summed E-state index contributed by atoms with van der Waals surface area (Å²) in [7, 11) is 1.53. The first-order valence-electron chi connectivity index (χ1n) is 7.59. The molecule has 1 amide bonds. The Hall–Kier alpha value is -1.36. The number of benzene rings is 1. The standard InChI is InChI=1S/C16H23ClF2N4O2.HI/c1-16(2,3)23-13(24)9-22-15(20-4)21-8-10-7-11(17)5-6-12(10)25-14(18)19;/h5-7,14H,8-9H2,1-4H3,(H,23,24)(H2,20,21,22);1H. The van der Waals surface area contributed by atoms with E-state index in [2.05, 4.69) is 25.7 Å². The van der Waals surface area contributed by atoms with E-state index in [1.807, 2.05) is 20.8 Å². The van der Waals surface area contributed by atoms with Gasteiger partial charge in [0.15, 0.2) is 5.96 Å². The highest BCUT2D eigenvalue weighted by Crippen LogP contribution is 2.24. The normalized spacial score (nSPS) is 11.6. The lowest BCUT2D eigenvalue weighted by atomic mass is 10.1. The van der Waals surface area contributed by atoms with E-state index in [4.69, 9.17) is 11.6 Å². The van der Waals surface area contributed by atoms with Gasteiger partial charge >= 0.3 is 6.61 Å². The zero-order valence-electron chi connectivity index (χ0n) is 15.0. The van der Waals surface area contributed by atoms with Gasteiger partial charge in [0.2, 0.25) is 5.91 Å². The summed E-state index contributed by atoms with van der Waals surface area (Å²) in [5.74, 6) is 0.166. The van der Waals surface area contributed by atoms with Crippen LogP contribution >= 0.6 is 35.6 Å². The van der Waals surface area contributed by atoms with Gasteiger partial charge < -0.3 is 20.7 Å². The lowest BCUT2D eigenvalue weighted by Crippen LogP contribution is -2.48. The van der Waals surface area contributed by atoms with Crippen molar-refractivity contribution in [1.29, 1.82) is 0 Å². The molecule has 0 aliphatic heterocycles. The molecule has 3 N–H and O–H groups in total. The Morgan fingerprint density at radius 2 is 1.96 bits per heavy atom. The Morgan fingerprint density at radius 1 is 1.31 bits per heavy atom. The summed E-state index contributed by atoms with van der Waals surface area (Å²) in [6, 6.07) is 4.36. The summed E-state index contributed by atoms with van der Waals surface area (Å²) >= 11 is 5.90. The van der Waals surface area contributed by atoms with Gasteiger partial charge in [-0.25, -0.2) is 0 Å². The molecule has 6 nitrogen and oxygen atoms in total. The van der Waals surface area contributed by atoms with Crippen LogP contribution in [-0.2, 0) is 11.3 Å². The molecule has 0 aromatic heterocycles. The molecule has 0 radical (unpaired) electrons. The highest BCUT2D eigenvalue weighted by Gasteiger charge is 2.14. The molecule has 0 bridgehead atoms. The van der Waals surface area contributed by atoms with Crippen LogP contribution in [0, 0.1) is 0 Å². The van der Waals surface area contributed by atoms with Crippen molar-refractivity contribution in [3.05, 3.63) is 28.8 Å². The van der Waals surface area contributed by atoms with Crippen LogP contribution in [0.3, 0.4) is 0 Å². The quantitative estimate of drug-likeness (QED) is 0.316. The fourth-order valence-electron chi connectivity index (χ4n) is 1.92. The van der Waals surface area contributed by atoms with Crippen molar-refractivity contribution in [2.45, 2.75) is 39.5 Å². The smallest absolute Gasteiger partial charge is 0.387 e. The maximum absolute atomic E-state index is 12.5. The van der Waals surface area contributed by atoms with Gasteiger partial charge in [-0.2, -0.15) is 8.78 Å². The first-order valence-corrected chi connectivity index (χ1v) is 7.97. The zero-order valence-corrected chi connectivity index (χ0v) is 18.1. The summed E-state index contributed by atoms with van der Waals surface area (Å²) in [5.41, 5.74) is 0.104. The first-order chi connectivity index (χ1) is 11.6. The van der Waals surface area contributed by atoms with Crippen LogP contribution in [0.1, 0.15) is 26.3 Å². The molecule has 1 rings (SSSR count). The second-order valence-electron chi connectivity index (χ2n) is 6.21. The van der Waals surface area contributed by atoms with Crippen molar-refractivity contribution >= 4 is 47.4 Å². The van der Waals surface area contributed by atoms with Crippen LogP contribution < -0.4 is 20.7 Å². The second-order valence-corrected chi connectivity index (χ2v) is 6.64. The van der Waals surface area contributed by atoms with Gasteiger partial charge in [-0.15, -0.1) is 24.0 Å². The van der Waals surface area contributed by atoms with Gasteiger partial charge in [0.25, 0.3) is 0 Å². The minimum absolute atomic E-state index is 0. The number of rotatable bonds is 6. The molecule has 148 valence electrons. The average Bonchev–Trinajstić information content (AvgIpc) is 2.47. The molecule has 0 aliphatic carbocycles. The maximum Gasteiger partial charge on any atom is 0.387 e. The Bertz CT molecular complexity index is 625. The van der Waals surface area contributed by atoms with Gasteiger partial charge in [0.1, 0.15) is 5.75 Å². The van der Waals surface area contributed by atoms with E-state index in [0.717, 1.165) is 0 Å². The molecule has 26 heavy (non-hydrogen) atoms. The second kappa shape index (κ2) is 11.4. The van der Waals surface area contributed by atoms with Gasteiger partial charge in [0, 0.05) is 29.7 Å². The van der Waals surface area contributed by atoms with Crippen molar-refractivity contribution in [2.24, 2.45) is 4.99 Å². The molecule has 0 atom stereocenters. The Morgan fingerprint density at radius 3 is 2.50 bits per heavy atom. The number of amides is 1. The molecule has 0 spiro atoms. The number of nitrogens with zero attached hydrogens (tertiary/aromatic N) is 1. The Labute approximate surface area is 174 Å². The SMILES string of the molecule is CN=C(NCC(=O)NC(C)(C)C)NCc1cc(Cl)ccc1OC(F)F.I. The maximum atomic E-state index is 12.5. The van der Waals surface area contributed by atoms with Crippen LogP contribution in [0.5, 0.6) is 5.75 Å². The molecule has 0 unspecified atom stereocenters. The number of hydrogen-bond acceptors (Lipinski definition) is 3. The average molecular weight is 505 g/mol.